The van der Waals surface area contributed by atoms with Crippen molar-refractivity contribution in [3.63, 3.8) is 0 Å². The van der Waals surface area contributed by atoms with Gasteiger partial charge in [0.2, 0.25) is 0 Å². The van der Waals surface area contributed by atoms with Crippen molar-refractivity contribution in [3.8, 4) is 0 Å². The van der Waals surface area contributed by atoms with Gasteiger partial charge in [0.05, 0.1) is 0 Å². The Balaban J connectivity index is 2.33. The van der Waals surface area contributed by atoms with Gasteiger partial charge in [-0.3, -0.25) is 0 Å². The van der Waals surface area contributed by atoms with Crippen molar-refractivity contribution in [2.75, 3.05) is 24.1 Å². The second kappa shape index (κ2) is 4.84. The quantitative estimate of drug-likeness (QED) is 0.631. The highest BCUT2D eigenvalue weighted by molar-refractivity contribution is 14.1. The molecule has 5 heteroatoms. The maximum Gasteiger partial charge on any atom is 0.275 e. The van der Waals surface area contributed by atoms with Crippen LogP contribution in [0.2, 0.25) is 0 Å². The Morgan fingerprint density at radius 1 is 1.54 bits per heavy atom. The molecule has 2 nitrogen and oxygen atoms in total. The number of hydrogen-bond donors (Lipinski definition) is 1. The summed E-state index contributed by atoms with van der Waals surface area (Å²) in [5.74, 6) is -2.87. The zero-order chi connectivity index (χ0) is 9.90. The third kappa shape index (κ3) is 3.28. The Labute approximate surface area is 90.4 Å². The molecule has 0 amide bonds. The number of piperidine rings is 1. The van der Waals surface area contributed by atoms with E-state index in [9.17, 15) is 8.78 Å². The van der Waals surface area contributed by atoms with Crippen molar-refractivity contribution in [2.45, 2.75) is 24.9 Å². The van der Waals surface area contributed by atoms with E-state index in [1.54, 1.807) is 0 Å². The number of likely N-dealkylation sites (tertiary alicyclic amines) is 1. The highest BCUT2D eigenvalue weighted by Gasteiger charge is 2.42. The summed E-state index contributed by atoms with van der Waals surface area (Å²) in [6.45, 7) is 1.33. The summed E-state index contributed by atoms with van der Waals surface area (Å²) in [5, 5.41) is 9.11. The molecular formula is C8H14F2INO. The van der Waals surface area contributed by atoms with E-state index < -0.39 is 12.0 Å². The van der Waals surface area contributed by atoms with Crippen molar-refractivity contribution in [3.05, 3.63) is 0 Å². The van der Waals surface area contributed by atoms with Crippen molar-refractivity contribution in [1.29, 1.82) is 0 Å². The van der Waals surface area contributed by atoms with Gasteiger partial charge in [-0.2, -0.15) is 0 Å². The first kappa shape index (κ1) is 11.6. The minimum atomic E-state index is -2.87. The largest absolute Gasteiger partial charge is 0.386 e. The molecular weight excluding hydrogens is 291 g/mol. The molecule has 1 aliphatic heterocycles. The second-order valence-corrected chi connectivity index (χ2v) is 4.45. The molecule has 0 aromatic heterocycles. The lowest BCUT2D eigenvalue weighted by atomic mass is 10.0. The van der Waals surface area contributed by atoms with Crippen LogP contribution in [-0.2, 0) is 0 Å². The fraction of sp³-hybridized carbons (Fsp3) is 1.00. The Morgan fingerprint density at radius 3 is 2.77 bits per heavy atom. The van der Waals surface area contributed by atoms with Gasteiger partial charge in [0, 0.05) is 23.9 Å². The summed E-state index contributed by atoms with van der Waals surface area (Å²) in [7, 11) is 0. The first-order chi connectivity index (χ1) is 6.06. The zero-order valence-electron chi connectivity index (χ0n) is 7.35. The fourth-order valence-electron chi connectivity index (χ4n) is 1.43. The Hall–Kier alpha value is 0.510. The SMILES string of the molecule is OC1CN(CCCI)CCC1(F)F. The molecule has 1 saturated heterocycles. The number of rotatable bonds is 3. The van der Waals surface area contributed by atoms with E-state index in [-0.39, 0.29) is 13.0 Å². The van der Waals surface area contributed by atoms with E-state index in [0.717, 1.165) is 17.4 Å². The molecule has 0 radical (unpaired) electrons. The molecule has 13 heavy (non-hydrogen) atoms. The van der Waals surface area contributed by atoms with Crippen LogP contribution in [0.5, 0.6) is 0 Å². The average molecular weight is 305 g/mol. The van der Waals surface area contributed by atoms with E-state index >= 15 is 0 Å². The van der Waals surface area contributed by atoms with Crippen LogP contribution in [0.3, 0.4) is 0 Å². The molecule has 1 unspecified atom stereocenters. The van der Waals surface area contributed by atoms with Gasteiger partial charge in [0.15, 0.2) is 0 Å². The smallest absolute Gasteiger partial charge is 0.275 e. The van der Waals surface area contributed by atoms with E-state index in [4.69, 9.17) is 5.11 Å². The molecule has 0 aliphatic carbocycles. The van der Waals surface area contributed by atoms with Gasteiger partial charge in [-0.1, -0.05) is 22.6 Å². The van der Waals surface area contributed by atoms with Gasteiger partial charge >= 0.3 is 0 Å². The molecule has 0 bridgehead atoms. The van der Waals surface area contributed by atoms with Crippen LogP contribution in [0, 0.1) is 0 Å². The van der Waals surface area contributed by atoms with Gasteiger partial charge < -0.3 is 10.0 Å². The predicted octanol–water partition coefficient (Wildman–Crippen LogP) is 1.51. The second-order valence-electron chi connectivity index (χ2n) is 3.37. The number of alkyl halides is 3. The third-order valence-corrected chi connectivity index (χ3v) is 3.05. The molecule has 0 spiro atoms. The highest BCUT2D eigenvalue weighted by Crippen LogP contribution is 2.28. The van der Waals surface area contributed by atoms with Gasteiger partial charge in [-0.15, -0.1) is 0 Å². The first-order valence-electron chi connectivity index (χ1n) is 4.40. The molecule has 1 aliphatic rings. The van der Waals surface area contributed by atoms with Crippen molar-refractivity contribution >= 4 is 22.6 Å². The van der Waals surface area contributed by atoms with Crippen LogP contribution in [0.15, 0.2) is 0 Å². The number of halogens is 3. The van der Waals surface area contributed by atoms with Gasteiger partial charge in [0.1, 0.15) is 6.10 Å². The van der Waals surface area contributed by atoms with E-state index in [2.05, 4.69) is 22.6 Å². The van der Waals surface area contributed by atoms with Gasteiger partial charge in [-0.25, -0.2) is 8.78 Å². The minimum absolute atomic E-state index is 0.115. The molecule has 0 saturated carbocycles. The topological polar surface area (TPSA) is 23.5 Å². The summed E-state index contributed by atoms with van der Waals surface area (Å²) < 4.78 is 26.7. The molecule has 78 valence electrons. The number of β-amino-alcohol motifs (C(OH)–C–C–N with tert-alkyl or cyclic N) is 1. The van der Waals surface area contributed by atoms with E-state index in [0.29, 0.717) is 6.54 Å². The molecule has 1 atom stereocenters. The van der Waals surface area contributed by atoms with Crippen molar-refractivity contribution in [2.24, 2.45) is 0 Å². The lowest BCUT2D eigenvalue weighted by Crippen LogP contribution is -2.50. The van der Waals surface area contributed by atoms with Crippen LogP contribution in [0.1, 0.15) is 12.8 Å². The highest BCUT2D eigenvalue weighted by atomic mass is 127. The normalized spacial score (nSPS) is 29.1. The fourth-order valence-corrected chi connectivity index (χ4v) is 1.77. The van der Waals surface area contributed by atoms with Crippen LogP contribution in [0.4, 0.5) is 8.78 Å². The molecule has 1 fully saturated rings. The van der Waals surface area contributed by atoms with Crippen LogP contribution in [-0.4, -0.2) is 46.1 Å². The Kier molecular flexibility index (Phi) is 4.31. The monoisotopic (exact) mass is 305 g/mol. The molecule has 1 N–H and O–H groups in total. The molecule has 1 heterocycles. The molecule has 0 aromatic rings. The predicted molar refractivity (Wildman–Crippen MR) is 55.5 cm³/mol. The van der Waals surface area contributed by atoms with Gasteiger partial charge in [0.25, 0.3) is 5.92 Å². The summed E-state index contributed by atoms with van der Waals surface area (Å²) in [5.41, 5.74) is 0. The first-order valence-corrected chi connectivity index (χ1v) is 5.93. The summed E-state index contributed by atoms with van der Waals surface area (Å²) in [4.78, 5) is 1.90. The summed E-state index contributed by atoms with van der Waals surface area (Å²) in [6.07, 6.45) is -0.690. The minimum Gasteiger partial charge on any atom is -0.386 e. The van der Waals surface area contributed by atoms with Crippen LogP contribution in [0.25, 0.3) is 0 Å². The van der Waals surface area contributed by atoms with Crippen LogP contribution >= 0.6 is 22.6 Å². The maximum atomic E-state index is 12.8. The number of hydrogen-bond acceptors (Lipinski definition) is 2. The van der Waals surface area contributed by atoms with E-state index in [1.165, 1.54) is 0 Å². The Bertz CT molecular complexity index is 168. The summed E-state index contributed by atoms with van der Waals surface area (Å²) in [6, 6.07) is 0. The lowest BCUT2D eigenvalue weighted by Gasteiger charge is -2.35. The maximum absolute atomic E-state index is 12.8. The van der Waals surface area contributed by atoms with Crippen molar-refractivity contribution < 1.29 is 13.9 Å². The zero-order valence-corrected chi connectivity index (χ0v) is 9.51. The number of aliphatic hydroxyl groups excluding tert-OH is 1. The van der Waals surface area contributed by atoms with Gasteiger partial charge in [-0.05, 0) is 13.0 Å². The number of nitrogens with zero attached hydrogens (tertiary/aromatic N) is 1. The van der Waals surface area contributed by atoms with E-state index in [1.807, 2.05) is 4.90 Å². The van der Waals surface area contributed by atoms with Crippen LogP contribution < -0.4 is 0 Å². The lowest BCUT2D eigenvalue weighted by molar-refractivity contribution is -0.147. The standard InChI is InChI=1S/C8H14F2INO/c9-8(10)2-5-12(4-1-3-11)6-7(8)13/h7,13H,1-6H2. The summed E-state index contributed by atoms with van der Waals surface area (Å²) >= 11 is 2.26. The molecule has 0 aromatic carbocycles. The van der Waals surface area contributed by atoms with Crippen molar-refractivity contribution in [1.82, 2.24) is 4.90 Å². The molecule has 1 rings (SSSR count). The Morgan fingerprint density at radius 2 is 2.23 bits per heavy atom. The third-order valence-electron chi connectivity index (χ3n) is 2.29. The number of aliphatic hydroxyl groups is 1. The average Bonchev–Trinajstić information content (AvgIpc) is 2.07.